The van der Waals surface area contributed by atoms with Gasteiger partial charge in [-0.15, -0.1) is 0 Å². The molecule has 1 N–H and O–H groups in total. The zero-order valence-corrected chi connectivity index (χ0v) is 14.4. The van der Waals surface area contributed by atoms with Crippen LogP contribution < -0.4 is 10.3 Å². The molecule has 3 rings (SSSR count). The molecule has 0 spiro atoms. The number of anilines is 2. The van der Waals surface area contributed by atoms with E-state index in [1.165, 1.54) is 5.01 Å². The highest BCUT2D eigenvalue weighted by atomic mass is 16.2. The lowest BCUT2D eigenvalue weighted by Gasteiger charge is -2.23. The molecular formula is C20H21N3O2. The van der Waals surface area contributed by atoms with Gasteiger partial charge in [0.15, 0.2) is 0 Å². The van der Waals surface area contributed by atoms with Gasteiger partial charge in [-0.3, -0.25) is 9.59 Å². The monoisotopic (exact) mass is 335 g/mol. The number of amides is 2. The Kier molecular flexibility index (Phi) is 4.93. The fourth-order valence-electron chi connectivity index (χ4n) is 2.80. The summed E-state index contributed by atoms with van der Waals surface area (Å²) in [6.07, 6.45) is 0.616. The van der Waals surface area contributed by atoms with Crippen molar-refractivity contribution in [3.05, 3.63) is 60.2 Å². The van der Waals surface area contributed by atoms with E-state index in [9.17, 15) is 9.59 Å². The highest BCUT2D eigenvalue weighted by Crippen LogP contribution is 2.25. The SMILES string of the molecule is CC(C)c1ccccc1NC(=O)C1=NN(c2ccccc2)C(=O)CC1. The van der Waals surface area contributed by atoms with Crippen molar-refractivity contribution in [2.24, 2.45) is 5.10 Å². The first-order chi connectivity index (χ1) is 12.1. The summed E-state index contributed by atoms with van der Waals surface area (Å²) < 4.78 is 0. The van der Waals surface area contributed by atoms with Crippen LogP contribution in [0.2, 0.25) is 0 Å². The Bertz CT molecular complexity index is 813. The zero-order chi connectivity index (χ0) is 17.8. The molecule has 0 saturated heterocycles. The quantitative estimate of drug-likeness (QED) is 0.920. The molecule has 0 bridgehead atoms. The molecule has 1 aliphatic heterocycles. The van der Waals surface area contributed by atoms with Crippen LogP contribution in [0.3, 0.4) is 0 Å². The zero-order valence-electron chi connectivity index (χ0n) is 14.4. The summed E-state index contributed by atoms with van der Waals surface area (Å²) in [5.41, 5.74) is 2.89. The molecule has 1 heterocycles. The molecule has 0 radical (unpaired) electrons. The van der Waals surface area contributed by atoms with Gasteiger partial charge < -0.3 is 5.32 Å². The van der Waals surface area contributed by atoms with Gasteiger partial charge in [-0.25, -0.2) is 5.01 Å². The fraction of sp³-hybridized carbons (Fsp3) is 0.250. The molecule has 128 valence electrons. The maximum absolute atomic E-state index is 12.6. The van der Waals surface area contributed by atoms with Crippen LogP contribution in [0.4, 0.5) is 11.4 Å². The Morgan fingerprint density at radius 3 is 2.44 bits per heavy atom. The molecule has 2 aromatic rings. The molecule has 1 aliphatic rings. The summed E-state index contributed by atoms with van der Waals surface area (Å²) in [5.74, 6) is -0.0703. The maximum Gasteiger partial charge on any atom is 0.271 e. The first-order valence-corrected chi connectivity index (χ1v) is 8.42. The lowest BCUT2D eigenvalue weighted by Crippen LogP contribution is -2.36. The van der Waals surface area contributed by atoms with Crippen LogP contribution in [0.25, 0.3) is 0 Å². The molecule has 2 aromatic carbocycles. The highest BCUT2D eigenvalue weighted by Gasteiger charge is 2.25. The van der Waals surface area contributed by atoms with Crippen LogP contribution in [-0.4, -0.2) is 17.5 Å². The smallest absolute Gasteiger partial charge is 0.271 e. The molecular weight excluding hydrogens is 314 g/mol. The van der Waals surface area contributed by atoms with Crippen LogP contribution in [-0.2, 0) is 9.59 Å². The molecule has 2 amide bonds. The minimum Gasteiger partial charge on any atom is -0.321 e. The number of hydrogen-bond donors (Lipinski definition) is 1. The Labute approximate surface area is 147 Å². The van der Waals surface area contributed by atoms with E-state index in [0.29, 0.717) is 23.7 Å². The van der Waals surface area contributed by atoms with Gasteiger partial charge in [0.25, 0.3) is 5.91 Å². The van der Waals surface area contributed by atoms with Crippen molar-refractivity contribution in [3.8, 4) is 0 Å². The molecule has 0 atom stereocenters. The van der Waals surface area contributed by atoms with Crippen LogP contribution in [0.1, 0.15) is 38.2 Å². The van der Waals surface area contributed by atoms with E-state index in [-0.39, 0.29) is 18.2 Å². The normalized spacial score (nSPS) is 14.4. The second kappa shape index (κ2) is 7.30. The van der Waals surface area contributed by atoms with Gasteiger partial charge in [0.05, 0.1) is 5.69 Å². The number of nitrogens with one attached hydrogen (secondary N) is 1. The minimum absolute atomic E-state index is 0.106. The highest BCUT2D eigenvalue weighted by molar-refractivity contribution is 6.44. The van der Waals surface area contributed by atoms with Crippen molar-refractivity contribution in [2.75, 3.05) is 10.3 Å². The first-order valence-electron chi connectivity index (χ1n) is 8.42. The molecule has 5 heteroatoms. The second-order valence-electron chi connectivity index (χ2n) is 6.28. The number of hydrazone groups is 1. The topological polar surface area (TPSA) is 61.8 Å². The van der Waals surface area contributed by atoms with Crippen LogP contribution >= 0.6 is 0 Å². The number of para-hydroxylation sites is 2. The van der Waals surface area contributed by atoms with Gasteiger partial charge in [0.2, 0.25) is 5.91 Å². The molecule has 0 unspecified atom stereocenters. The van der Waals surface area contributed by atoms with Crippen molar-refractivity contribution in [1.82, 2.24) is 0 Å². The number of benzene rings is 2. The van der Waals surface area contributed by atoms with Crippen LogP contribution in [0.15, 0.2) is 59.7 Å². The third kappa shape index (κ3) is 3.76. The summed E-state index contributed by atoms with van der Waals surface area (Å²) in [6, 6.07) is 16.9. The van der Waals surface area contributed by atoms with E-state index >= 15 is 0 Å². The van der Waals surface area contributed by atoms with E-state index < -0.39 is 0 Å². The van der Waals surface area contributed by atoms with E-state index in [4.69, 9.17) is 0 Å². The number of hydrogen-bond acceptors (Lipinski definition) is 3. The van der Waals surface area contributed by atoms with Gasteiger partial charge in [-0.1, -0.05) is 50.2 Å². The lowest BCUT2D eigenvalue weighted by molar-refractivity contribution is -0.118. The Morgan fingerprint density at radius 1 is 1.04 bits per heavy atom. The maximum atomic E-state index is 12.6. The average molecular weight is 335 g/mol. The van der Waals surface area contributed by atoms with Gasteiger partial charge in [-0.05, 0) is 29.7 Å². The van der Waals surface area contributed by atoms with E-state index in [0.717, 1.165) is 11.3 Å². The van der Waals surface area contributed by atoms with Crippen molar-refractivity contribution in [3.63, 3.8) is 0 Å². The van der Waals surface area contributed by atoms with Crippen LogP contribution in [0.5, 0.6) is 0 Å². The minimum atomic E-state index is -0.262. The summed E-state index contributed by atoms with van der Waals surface area (Å²) in [4.78, 5) is 24.8. The molecule has 0 fully saturated rings. The Hall–Kier alpha value is -2.95. The van der Waals surface area contributed by atoms with Crippen molar-refractivity contribution in [2.45, 2.75) is 32.6 Å². The summed E-state index contributed by atoms with van der Waals surface area (Å²) in [5, 5.41) is 8.55. The molecule has 0 aliphatic carbocycles. The predicted molar refractivity (Wildman–Crippen MR) is 99.8 cm³/mol. The largest absolute Gasteiger partial charge is 0.321 e. The molecule has 0 saturated carbocycles. The third-order valence-corrected chi connectivity index (χ3v) is 4.13. The Morgan fingerprint density at radius 2 is 1.72 bits per heavy atom. The number of carbonyl (C=O) groups excluding carboxylic acids is 2. The molecule has 25 heavy (non-hydrogen) atoms. The van der Waals surface area contributed by atoms with Crippen LogP contribution in [0, 0.1) is 0 Å². The summed E-state index contributed by atoms with van der Waals surface area (Å²) >= 11 is 0. The standard InChI is InChI=1S/C20H21N3O2/c1-14(2)16-10-6-7-11-17(16)21-20(25)18-12-13-19(24)23(22-18)15-8-4-3-5-9-15/h3-11,14H,12-13H2,1-2H3,(H,21,25). The second-order valence-corrected chi connectivity index (χ2v) is 6.28. The van der Waals surface area contributed by atoms with Gasteiger partial charge in [-0.2, -0.15) is 5.10 Å². The van der Waals surface area contributed by atoms with Crippen molar-refractivity contribution in [1.29, 1.82) is 0 Å². The number of nitrogens with zero attached hydrogens (tertiary/aromatic N) is 2. The van der Waals surface area contributed by atoms with Crippen molar-refractivity contribution < 1.29 is 9.59 Å². The predicted octanol–water partition coefficient (Wildman–Crippen LogP) is 3.93. The Balaban J connectivity index is 1.84. The van der Waals surface area contributed by atoms with Gasteiger partial charge in [0, 0.05) is 18.5 Å². The number of rotatable bonds is 4. The summed E-state index contributed by atoms with van der Waals surface area (Å²) in [7, 11) is 0. The van der Waals surface area contributed by atoms with Crippen molar-refractivity contribution >= 4 is 28.9 Å². The third-order valence-electron chi connectivity index (χ3n) is 4.13. The van der Waals surface area contributed by atoms with Gasteiger partial charge >= 0.3 is 0 Å². The molecule has 5 nitrogen and oxygen atoms in total. The lowest BCUT2D eigenvalue weighted by atomic mass is 10.0. The van der Waals surface area contributed by atoms with E-state index in [1.54, 1.807) is 12.1 Å². The van der Waals surface area contributed by atoms with E-state index in [1.807, 2.05) is 42.5 Å². The average Bonchev–Trinajstić information content (AvgIpc) is 2.63. The summed E-state index contributed by atoms with van der Waals surface area (Å²) in [6.45, 7) is 4.16. The first kappa shape index (κ1) is 16.9. The van der Waals surface area contributed by atoms with Gasteiger partial charge in [0.1, 0.15) is 5.71 Å². The molecule has 0 aromatic heterocycles. The fourth-order valence-corrected chi connectivity index (χ4v) is 2.80. The number of carbonyl (C=O) groups is 2. The van der Waals surface area contributed by atoms with E-state index in [2.05, 4.69) is 24.3 Å².